The van der Waals surface area contributed by atoms with Gasteiger partial charge >= 0.3 is 12.1 Å². The van der Waals surface area contributed by atoms with Crippen LogP contribution in [-0.2, 0) is 11.3 Å². The third-order valence-corrected chi connectivity index (χ3v) is 3.01. The topological polar surface area (TPSA) is 95.9 Å². The quantitative estimate of drug-likeness (QED) is 0.695. The molecule has 2 rings (SSSR count). The van der Waals surface area contributed by atoms with Crippen LogP contribution in [0.4, 0.5) is 4.79 Å². The van der Waals surface area contributed by atoms with Gasteiger partial charge in [0, 0.05) is 5.56 Å². The Bertz CT molecular complexity index is 511. The number of amides is 1. The van der Waals surface area contributed by atoms with E-state index in [9.17, 15) is 14.7 Å². The number of carbonyl (C=O) groups is 2. The van der Waals surface area contributed by atoms with Crippen LogP contribution < -0.4 is 5.32 Å². The number of carboxylic acid groups (broad SMARTS) is 1. The minimum atomic E-state index is -1.19. The number of rotatable bonds is 3. The normalized spacial score (nSPS) is 14.9. The molecule has 0 aromatic heterocycles. The first kappa shape index (κ1) is 12.4. The molecule has 6 nitrogen and oxygen atoms in total. The van der Waals surface area contributed by atoms with Crippen molar-refractivity contribution in [3.63, 3.8) is 0 Å². The number of ether oxygens (including phenoxy) is 1. The average Bonchev–Trinajstić information content (AvgIpc) is 2.69. The van der Waals surface area contributed by atoms with E-state index in [2.05, 4.69) is 5.32 Å². The van der Waals surface area contributed by atoms with E-state index in [0.29, 0.717) is 11.1 Å². The van der Waals surface area contributed by atoms with E-state index >= 15 is 0 Å². The van der Waals surface area contributed by atoms with Crippen molar-refractivity contribution in [2.75, 3.05) is 6.54 Å². The fraction of sp³-hybridized carbons (Fsp3) is 0.333. The predicted molar refractivity (Wildman–Crippen MR) is 61.3 cm³/mol. The second-order valence-electron chi connectivity index (χ2n) is 4.08. The van der Waals surface area contributed by atoms with Crippen molar-refractivity contribution in [2.45, 2.75) is 19.6 Å². The van der Waals surface area contributed by atoms with E-state index in [1.54, 1.807) is 19.1 Å². The molecule has 1 aliphatic heterocycles. The summed E-state index contributed by atoms with van der Waals surface area (Å²) in [6.45, 7) is 1.89. The van der Waals surface area contributed by atoms with Gasteiger partial charge in [-0.15, -0.1) is 0 Å². The summed E-state index contributed by atoms with van der Waals surface area (Å²) in [6.07, 6.45) is -2.13. The van der Waals surface area contributed by atoms with Gasteiger partial charge in [-0.1, -0.05) is 6.07 Å². The van der Waals surface area contributed by atoms with Gasteiger partial charge in [0.15, 0.2) is 0 Å². The van der Waals surface area contributed by atoms with Crippen LogP contribution in [0.25, 0.3) is 0 Å². The van der Waals surface area contributed by atoms with Gasteiger partial charge in [0.25, 0.3) is 0 Å². The molecule has 1 unspecified atom stereocenters. The molecule has 1 atom stereocenters. The van der Waals surface area contributed by atoms with Crippen molar-refractivity contribution in [3.05, 3.63) is 34.4 Å². The lowest BCUT2D eigenvalue weighted by atomic mass is 9.95. The van der Waals surface area contributed by atoms with Gasteiger partial charge in [0.05, 0.1) is 18.2 Å². The lowest BCUT2D eigenvalue weighted by Gasteiger charge is -2.15. The maximum absolute atomic E-state index is 11.3. The molecule has 96 valence electrons. The zero-order valence-corrected chi connectivity index (χ0v) is 9.77. The van der Waals surface area contributed by atoms with Gasteiger partial charge in [0.2, 0.25) is 0 Å². The highest BCUT2D eigenvalue weighted by molar-refractivity contribution is 5.93. The van der Waals surface area contributed by atoms with Crippen molar-refractivity contribution in [1.29, 1.82) is 0 Å². The molecule has 1 aromatic carbocycles. The number of hydrogen-bond acceptors (Lipinski definition) is 4. The molecule has 0 saturated carbocycles. The van der Waals surface area contributed by atoms with E-state index in [4.69, 9.17) is 9.84 Å². The lowest BCUT2D eigenvalue weighted by molar-refractivity contribution is 0.0535. The number of aliphatic hydroxyl groups is 1. The molecule has 1 aromatic rings. The lowest BCUT2D eigenvalue weighted by Crippen LogP contribution is -2.27. The Labute approximate surface area is 103 Å². The molecule has 0 spiro atoms. The second-order valence-corrected chi connectivity index (χ2v) is 4.08. The maximum Gasteiger partial charge on any atom is 0.404 e. The molecule has 6 heteroatoms. The fourth-order valence-corrected chi connectivity index (χ4v) is 2.02. The van der Waals surface area contributed by atoms with Crippen molar-refractivity contribution in [1.82, 2.24) is 5.32 Å². The Morgan fingerprint density at radius 1 is 1.56 bits per heavy atom. The minimum Gasteiger partial charge on any atom is -0.465 e. The Hall–Kier alpha value is -2.08. The number of fused-ring (bicyclic) bond motifs is 1. The molecule has 0 saturated heterocycles. The van der Waals surface area contributed by atoms with Crippen LogP contribution in [0, 0.1) is 6.92 Å². The molecular formula is C12H13NO5. The summed E-state index contributed by atoms with van der Waals surface area (Å²) in [5.74, 6) is -0.363. The monoisotopic (exact) mass is 251 g/mol. The highest BCUT2D eigenvalue weighted by Gasteiger charge is 2.25. The first-order valence-electron chi connectivity index (χ1n) is 5.45. The number of carbonyl (C=O) groups excluding carboxylic acids is 1. The van der Waals surface area contributed by atoms with Gasteiger partial charge in [-0.3, -0.25) is 0 Å². The summed E-state index contributed by atoms with van der Waals surface area (Å²) in [5.41, 5.74) is 2.63. The molecule has 0 fully saturated rings. The Kier molecular flexibility index (Phi) is 3.20. The SMILES string of the molecule is Cc1c(C(O)CNC(=O)O)ccc2c1COC2=O. The number of esters is 1. The van der Waals surface area contributed by atoms with Gasteiger partial charge < -0.3 is 20.3 Å². The van der Waals surface area contributed by atoms with Crippen molar-refractivity contribution < 1.29 is 24.5 Å². The van der Waals surface area contributed by atoms with Gasteiger partial charge in [-0.25, -0.2) is 9.59 Å². The first-order valence-corrected chi connectivity index (χ1v) is 5.45. The third kappa shape index (κ3) is 2.14. The molecule has 1 amide bonds. The number of aliphatic hydroxyl groups excluding tert-OH is 1. The Morgan fingerprint density at radius 2 is 2.28 bits per heavy atom. The van der Waals surface area contributed by atoms with Crippen molar-refractivity contribution in [3.8, 4) is 0 Å². The highest BCUT2D eigenvalue weighted by Crippen LogP contribution is 2.28. The number of cyclic esters (lactones) is 1. The smallest absolute Gasteiger partial charge is 0.404 e. The summed E-state index contributed by atoms with van der Waals surface area (Å²) in [7, 11) is 0. The minimum absolute atomic E-state index is 0.0935. The molecule has 18 heavy (non-hydrogen) atoms. The van der Waals surface area contributed by atoms with Crippen LogP contribution in [0.15, 0.2) is 12.1 Å². The van der Waals surface area contributed by atoms with Gasteiger partial charge in [0.1, 0.15) is 6.61 Å². The summed E-state index contributed by atoms with van der Waals surface area (Å²) in [4.78, 5) is 21.7. The number of hydrogen-bond donors (Lipinski definition) is 3. The molecule has 1 heterocycles. The van der Waals surface area contributed by atoms with Crippen LogP contribution in [0.3, 0.4) is 0 Å². The van der Waals surface area contributed by atoms with E-state index in [0.717, 1.165) is 11.1 Å². The largest absolute Gasteiger partial charge is 0.465 e. The molecule has 1 aliphatic rings. The summed E-state index contributed by atoms with van der Waals surface area (Å²) < 4.78 is 4.91. The van der Waals surface area contributed by atoms with Crippen LogP contribution in [0.2, 0.25) is 0 Å². The van der Waals surface area contributed by atoms with E-state index < -0.39 is 12.2 Å². The molecule has 0 radical (unpaired) electrons. The zero-order valence-electron chi connectivity index (χ0n) is 9.77. The molecule has 0 aliphatic carbocycles. The van der Waals surface area contributed by atoms with Crippen LogP contribution in [0.5, 0.6) is 0 Å². The molecular weight excluding hydrogens is 238 g/mol. The highest BCUT2D eigenvalue weighted by atomic mass is 16.5. The van der Waals surface area contributed by atoms with E-state index in [-0.39, 0.29) is 19.1 Å². The maximum atomic E-state index is 11.3. The summed E-state index contributed by atoms with van der Waals surface area (Å²) in [6, 6.07) is 3.21. The first-order chi connectivity index (χ1) is 8.50. The fourth-order valence-electron chi connectivity index (χ4n) is 2.02. The van der Waals surface area contributed by atoms with E-state index in [1.165, 1.54) is 0 Å². The summed E-state index contributed by atoms with van der Waals surface area (Å²) in [5, 5.41) is 20.5. The van der Waals surface area contributed by atoms with Gasteiger partial charge in [-0.2, -0.15) is 0 Å². The number of nitrogens with one attached hydrogen (secondary N) is 1. The third-order valence-electron chi connectivity index (χ3n) is 3.01. The molecule has 0 bridgehead atoms. The predicted octanol–water partition coefficient (Wildman–Crippen LogP) is 0.966. The average molecular weight is 251 g/mol. The van der Waals surface area contributed by atoms with Crippen molar-refractivity contribution >= 4 is 12.1 Å². The Balaban J connectivity index is 2.25. The number of benzene rings is 1. The van der Waals surface area contributed by atoms with Gasteiger partial charge in [-0.05, 0) is 24.1 Å². The second kappa shape index (κ2) is 4.66. The Morgan fingerprint density at radius 3 is 2.94 bits per heavy atom. The summed E-state index contributed by atoms with van der Waals surface area (Å²) >= 11 is 0. The van der Waals surface area contributed by atoms with Crippen molar-refractivity contribution in [2.24, 2.45) is 0 Å². The standard InChI is InChI=1S/C12H13NO5/c1-6-7(10(14)4-13-12(16)17)2-3-8-9(6)5-18-11(8)15/h2-3,10,13-14H,4-5H2,1H3,(H,16,17). The van der Waals surface area contributed by atoms with E-state index in [1.807, 2.05) is 0 Å². The zero-order chi connectivity index (χ0) is 13.3. The molecule has 3 N–H and O–H groups in total. The van der Waals surface area contributed by atoms with Crippen LogP contribution in [-0.4, -0.2) is 28.8 Å². The van der Waals surface area contributed by atoms with Crippen LogP contribution >= 0.6 is 0 Å². The van der Waals surface area contributed by atoms with Crippen LogP contribution in [0.1, 0.15) is 33.2 Å².